The van der Waals surface area contributed by atoms with Gasteiger partial charge in [0.25, 0.3) is 0 Å². The van der Waals surface area contributed by atoms with Crippen LogP contribution in [0, 0.1) is 5.92 Å². The van der Waals surface area contributed by atoms with Crippen molar-refractivity contribution in [3.05, 3.63) is 69.8 Å². The molecule has 2 atom stereocenters. The lowest BCUT2D eigenvalue weighted by molar-refractivity contribution is 0.0526. The molecule has 152 valence electrons. The van der Waals surface area contributed by atoms with Crippen LogP contribution in [0.2, 0.25) is 0 Å². The summed E-state index contributed by atoms with van der Waals surface area (Å²) in [5.74, 6) is 1.96. The monoisotopic (exact) mass is 388 g/mol. The van der Waals surface area contributed by atoms with Crippen molar-refractivity contribution in [2.45, 2.75) is 65.2 Å². The van der Waals surface area contributed by atoms with Crippen LogP contribution in [0.4, 0.5) is 0 Å². The molecule has 0 amide bonds. The molecule has 29 heavy (non-hydrogen) atoms. The summed E-state index contributed by atoms with van der Waals surface area (Å²) in [7, 11) is 0. The predicted molar refractivity (Wildman–Crippen MR) is 120 cm³/mol. The summed E-state index contributed by atoms with van der Waals surface area (Å²) in [6, 6.07) is 12.7. The van der Waals surface area contributed by atoms with Crippen LogP contribution >= 0.6 is 0 Å². The van der Waals surface area contributed by atoms with Crippen molar-refractivity contribution in [3.63, 3.8) is 0 Å². The largest absolute Gasteiger partial charge is 0.462 e. The first-order chi connectivity index (χ1) is 14.0. The summed E-state index contributed by atoms with van der Waals surface area (Å²) in [6.07, 6.45) is 7.46. The summed E-state index contributed by atoms with van der Waals surface area (Å²) in [6.45, 7) is 9.05. The van der Waals surface area contributed by atoms with Crippen LogP contribution in [0.15, 0.2) is 36.4 Å². The van der Waals surface area contributed by atoms with Crippen LogP contribution in [-0.4, -0.2) is 12.6 Å². The lowest BCUT2D eigenvalue weighted by atomic mass is 9.84. The Balaban J connectivity index is 1.66. The van der Waals surface area contributed by atoms with Crippen molar-refractivity contribution in [3.8, 4) is 0 Å². The van der Waals surface area contributed by atoms with Crippen molar-refractivity contribution in [2.75, 3.05) is 6.61 Å². The van der Waals surface area contributed by atoms with Gasteiger partial charge >= 0.3 is 5.97 Å². The molecule has 2 aliphatic rings. The normalized spacial score (nSPS) is 20.2. The number of esters is 1. The molecule has 2 aliphatic carbocycles. The Bertz CT molecular complexity index is 934. The molecule has 0 aliphatic heterocycles. The molecule has 2 bridgehead atoms. The average Bonchev–Trinajstić information content (AvgIpc) is 3.30. The Hall–Kier alpha value is -2.35. The van der Waals surface area contributed by atoms with Gasteiger partial charge in [-0.05, 0) is 103 Å². The maximum Gasteiger partial charge on any atom is 0.338 e. The fraction of sp³-hybridized carbons (Fsp3) is 0.444. The topological polar surface area (TPSA) is 26.3 Å². The first-order valence-electron chi connectivity index (χ1n) is 11.1. The van der Waals surface area contributed by atoms with Crippen LogP contribution in [0.25, 0.3) is 11.6 Å². The smallest absolute Gasteiger partial charge is 0.338 e. The fourth-order valence-electron chi connectivity index (χ4n) is 5.17. The van der Waals surface area contributed by atoms with Gasteiger partial charge in [-0.25, -0.2) is 4.79 Å². The average molecular weight is 389 g/mol. The van der Waals surface area contributed by atoms with Crippen LogP contribution in [0.3, 0.4) is 0 Å². The van der Waals surface area contributed by atoms with E-state index in [0.29, 0.717) is 18.1 Å². The zero-order valence-electron chi connectivity index (χ0n) is 18.1. The summed E-state index contributed by atoms with van der Waals surface area (Å²) >= 11 is 0. The van der Waals surface area contributed by atoms with Crippen molar-refractivity contribution < 1.29 is 9.53 Å². The SMILES string of the molecule is CCOC(=O)c1ccc(C=C(C)c2cc3c(cc2CC(C)C)[C@H]2CC[C@@H]3C2)cc1. The number of fused-ring (bicyclic) bond motifs is 5. The molecular formula is C27H32O2. The van der Waals surface area contributed by atoms with E-state index in [1.54, 1.807) is 11.1 Å². The van der Waals surface area contributed by atoms with Gasteiger partial charge in [-0.3, -0.25) is 0 Å². The van der Waals surface area contributed by atoms with E-state index in [1.165, 1.54) is 36.0 Å². The van der Waals surface area contributed by atoms with Gasteiger partial charge < -0.3 is 4.74 Å². The maximum atomic E-state index is 11.9. The van der Waals surface area contributed by atoms with E-state index < -0.39 is 0 Å². The Kier molecular flexibility index (Phi) is 5.63. The molecule has 0 saturated heterocycles. The van der Waals surface area contributed by atoms with Crippen LogP contribution < -0.4 is 0 Å². The third kappa shape index (κ3) is 4.03. The number of benzene rings is 2. The first kappa shape index (κ1) is 19.9. The number of hydrogen-bond donors (Lipinski definition) is 0. The van der Waals surface area contributed by atoms with Crippen LogP contribution in [0.1, 0.15) is 97.0 Å². The Morgan fingerprint density at radius 1 is 1.10 bits per heavy atom. The summed E-state index contributed by atoms with van der Waals surface area (Å²) in [5, 5.41) is 0. The van der Waals surface area contributed by atoms with Crippen molar-refractivity contribution in [1.82, 2.24) is 0 Å². The molecule has 1 fully saturated rings. The number of carbonyl (C=O) groups is 1. The van der Waals surface area contributed by atoms with Gasteiger partial charge in [-0.2, -0.15) is 0 Å². The lowest BCUT2D eigenvalue weighted by Gasteiger charge is -2.21. The van der Waals surface area contributed by atoms with Gasteiger partial charge in [0.1, 0.15) is 0 Å². The minimum Gasteiger partial charge on any atom is -0.462 e. The highest BCUT2D eigenvalue weighted by atomic mass is 16.5. The number of ether oxygens (including phenoxy) is 1. The molecule has 2 aromatic carbocycles. The zero-order valence-corrected chi connectivity index (χ0v) is 18.1. The quantitative estimate of drug-likeness (QED) is 0.394. The van der Waals surface area contributed by atoms with Gasteiger partial charge in [-0.1, -0.05) is 44.2 Å². The van der Waals surface area contributed by atoms with E-state index in [2.05, 4.69) is 39.0 Å². The standard InChI is InChI=1S/C27H32O2/c1-5-29-27(28)20-8-6-19(7-9-20)13-18(4)24-16-26-22-11-10-21(14-22)25(26)15-23(24)12-17(2)3/h6-9,13,15-17,21-22H,5,10-12,14H2,1-4H3/t21-,22+/m0/s1. The highest BCUT2D eigenvalue weighted by molar-refractivity contribution is 5.90. The van der Waals surface area contributed by atoms with Crippen molar-refractivity contribution >= 4 is 17.6 Å². The highest BCUT2D eigenvalue weighted by Gasteiger charge is 2.37. The minimum atomic E-state index is -0.257. The fourth-order valence-corrected chi connectivity index (χ4v) is 5.17. The van der Waals surface area contributed by atoms with Gasteiger partial charge in [0.2, 0.25) is 0 Å². The van der Waals surface area contributed by atoms with Crippen LogP contribution in [-0.2, 0) is 11.2 Å². The Morgan fingerprint density at radius 2 is 1.76 bits per heavy atom. The molecule has 0 aromatic heterocycles. The minimum absolute atomic E-state index is 0.257. The molecule has 0 spiro atoms. The van der Waals surface area contributed by atoms with E-state index in [1.807, 2.05) is 31.2 Å². The van der Waals surface area contributed by atoms with Gasteiger partial charge in [0, 0.05) is 0 Å². The first-order valence-corrected chi connectivity index (χ1v) is 11.1. The highest BCUT2D eigenvalue weighted by Crippen LogP contribution is 2.54. The van der Waals surface area contributed by atoms with Crippen LogP contribution in [0.5, 0.6) is 0 Å². The van der Waals surface area contributed by atoms with Gasteiger partial charge in [-0.15, -0.1) is 0 Å². The summed E-state index contributed by atoms with van der Waals surface area (Å²) in [5.41, 5.74) is 9.16. The third-order valence-corrected chi connectivity index (χ3v) is 6.48. The molecule has 0 heterocycles. The molecule has 4 rings (SSSR count). The second kappa shape index (κ2) is 8.18. The molecule has 2 heteroatoms. The number of hydrogen-bond acceptors (Lipinski definition) is 2. The summed E-state index contributed by atoms with van der Waals surface area (Å²) < 4.78 is 5.08. The van der Waals surface area contributed by atoms with E-state index in [-0.39, 0.29) is 5.97 Å². The van der Waals surface area contributed by atoms with Gasteiger partial charge in [0.15, 0.2) is 0 Å². The number of rotatable bonds is 6. The molecular weight excluding hydrogens is 356 g/mol. The van der Waals surface area contributed by atoms with E-state index in [0.717, 1.165) is 23.8 Å². The molecule has 0 N–H and O–H groups in total. The molecule has 2 nitrogen and oxygen atoms in total. The molecule has 0 radical (unpaired) electrons. The van der Waals surface area contributed by atoms with Crippen molar-refractivity contribution in [1.29, 1.82) is 0 Å². The number of allylic oxidation sites excluding steroid dienone is 1. The van der Waals surface area contributed by atoms with Crippen molar-refractivity contribution in [2.24, 2.45) is 5.92 Å². The van der Waals surface area contributed by atoms with E-state index >= 15 is 0 Å². The van der Waals surface area contributed by atoms with E-state index in [9.17, 15) is 4.79 Å². The lowest BCUT2D eigenvalue weighted by Crippen LogP contribution is -2.05. The zero-order chi connectivity index (χ0) is 20.5. The van der Waals surface area contributed by atoms with Gasteiger partial charge in [0.05, 0.1) is 12.2 Å². The Labute approximate surface area is 175 Å². The summed E-state index contributed by atoms with van der Waals surface area (Å²) in [4.78, 5) is 11.9. The molecule has 1 saturated carbocycles. The third-order valence-electron chi connectivity index (χ3n) is 6.48. The molecule has 2 aromatic rings. The second-order valence-electron chi connectivity index (χ2n) is 9.11. The molecule has 0 unspecified atom stereocenters. The second-order valence-corrected chi connectivity index (χ2v) is 9.11. The maximum absolute atomic E-state index is 11.9. The Morgan fingerprint density at radius 3 is 2.38 bits per heavy atom. The number of carbonyl (C=O) groups excluding carboxylic acids is 1. The predicted octanol–water partition coefficient (Wildman–Crippen LogP) is 6.99. The van der Waals surface area contributed by atoms with E-state index in [4.69, 9.17) is 4.74 Å².